The molecular weight excluding hydrogens is 435 g/mol. The molecule has 3 aromatic rings. The summed E-state index contributed by atoms with van der Waals surface area (Å²) >= 11 is 12.6. The fourth-order valence-corrected chi connectivity index (χ4v) is 4.58. The second-order valence-electron chi connectivity index (χ2n) is 7.79. The van der Waals surface area contributed by atoms with Crippen LogP contribution in [0, 0.1) is 0 Å². The molecule has 1 aliphatic heterocycles. The van der Waals surface area contributed by atoms with Crippen LogP contribution in [0.5, 0.6) is 0 Å². The van der Waals surface area contributed by atoms with Gasteiger partial charge in [-0.1, -0.05) is 42.3 Å². The van der Waals surface area contributed by atoms with Gasteiger partial charge in [-0.3, -0.25) is 9.69 Å². The maximum atomic E-state index is 12.9. The zero-order chi connectivity index (χ0) is 22.0. The molecule has 31 heavy (non-hydrogen) atoms. The minimum atomic E-state index is -0.364. The van der Waals surface area contributed by atoms with Gasteiger partial charge in [-0.25, -0.2) is 4.79 Å². The van der Waals surface area contributed by atoms with Crippen molar-refractivity contribution in [2.24, 2.45) is 0 Å². The predicted molar refractivity (Wildman–Crippen MR) is 124 cm³/mol. The van der Waals surface area contributed by atoms with Crippen molar-refractivity contribution in [2.45, 2.75) is 26.3 Å². The molecule has 0 N–H and O–H groups in total. The summed E-state index contributed by atoms with van der Waals surface area (Å²) in [6.45, 7) is 5.42. The van der Waals surface area contributed by atoms with Crippen LogP contribution in [0.15, 0.2) is 51.7 Å². The van der Waals surface area contributed by atoms with Gasteiger partial charge in [0.25, 0.3) is 5.91 Å². The first-order valence-electron chi connectivity index (χ1n) is 10.5. The molecule has 0 radical (unpaired) electrons. The molecule has 4 rings (SSSR count). The number of nitrogens with zero attached hydrogens (tertiary/aromatic N) is 2. The molecule has 2 heterocycles. The highest BCUT2D eigenvalue weighted by atomic mass is 35.5. The van der Waals surface area contributed by atoms with E-state index in [0.717, 1.165) is 35.9 Å². The van der Waals surface area contributed by atoms with Crippen LogP contribution in [0.3, 0.4) is 0 Å². The number of hydrogen-bond donors (Lipinski definition) is 0. The monoisotopic (exact) mass is 458 g/mol. The summed E-state index contributed by atoms with van der Waals surface area (Å²) in [5, 5.41) is 2.01. The average Bonchev–Trinajstić information content (AvgIpc) is 2.99. The van der Waals surface area contributed by atoms with Gasteiger partial charge in [0.2, 0.25) is 0 Å². The minimum Gasteiger partial charge on any atom is -0.423 e. The number of benzene rings is 2. The van der Waals surface area contributed by atoms with Crippen LogP contribution in [-0.2, 0) is 13.0 Å². The van der Waals surface area contributed by atoms with Crippen LogP contribution in [-0.4, -0.2) is 41.9 Å². The molecule has 1 fully saturated rings. The summed E-state index contributed by atoms with van der Waals surface area (Å²) in [5.41, 5.74) is 2.58. The molecule has 0 bridgehead atoms. The highest BCUT2D eigenvalue weighted by molar-refractivity contribution is 6.33. The first-order valence-corrected chi connectivity index (χ1v) is 11.2. The van der Waals surface area contributed by atoms with Crippen molar-refractivity contribution in [3.63, 3.8) is 0 Å². The molecule has 1 aromatic heterocycles. The second kappa shape index (κ2) is 9.43. The Kier molecular flexibility index (Phi) is 6.65. The number of rotatable bonds is 4. The maximum Gasteiger partial charge on any atom is 0.336 e. The van der Waals surface area contributed by atoms with Crippen molar-refractivity contribution in [1.29, 1.82) is 0 Å². The van der Waals surface area contributed by atoms with Gasteiger partial charge in [0.15, 0.2) is 0 Å². The number of carbonyl (C=O) groups excluding carboxylic acids is 1. The molecule has 2 aromatic carbocycles. The van der Waals surface area contributed by atoms with Gasteiger partial charge < -0.3 is 9.32 Å². The van der Waals surface area contributed by atoms with Crippen molar-refractivity contribution < 1.29 is 9.21 Å². The van der Waals surface area contributed by atoms with Gasteiger partial charge in [0, 0.05) is 49.2 Å². The molecule has 5 nitrogen and oxygen atoms in total. The largest absolute Gasteiger partial charge is 0.423 e. The predicted octanol–water partition coefficient (Wildman–Crippen LogP) is 5.01. The Bertz CT molecular complexity index is 1180. The standard InChI is InChI=1S/C24H24Cl2N2O3/c1-2-16-12-22-19(14-21(16)26)17(13-23(29)31-22)15-27-8-5-9-28(11-10-27)24(30)18-6-3-4-7-20(18)25/h3-4,6-7,12-14H,2,5,8-11,15H2,1H3. The number of amides is 1. The topological polar surface area (TPSA) is 53.8 Å². The van der Waals surface area contributed by atoms with Crippen LogP contribution in [0.4, 0.5) is 0 Å². The lowest BCUT2D eigenvalue weighted by Gasteiger charge is -2.23. The summed E-state index contributed by atoms with van der Waals surface area (Å²) in [6.07, 6.45) is 1.61. The van der Waals surface area contributed by atoms with E-state index in [1.165, 1.54) is 0 Å². The van der Waals surface area contributed by atoms with Crippen molar-refractivity contribution in [1.82, 2.24) is 9.80 Å². The van der Waals surface area contributed by atoms with E-state index in [9.17, 15) is 9.59 Å². The third-order valence-electron chi connectivity index (χ3n) is 5.75. The van der Waals surface area contributed by atoms with E-state index in [1.807, 2.05) is 36.1 Å². The molecule has 162 valence electrons. The molecule has 0 aliphatic carbocycles. The summed E-state index contributed by atoms with van der Waals surface area (Å²) in [4.78, 5) is 29.2. The van der Waals surface area contributed by atoms with Gasteiger partial charge >= 0.3 is 5.63 Å². The first-order chi connectivity index (χ1) is 15.0. The molecule has 1 amide bonds. The highest BCUT2D eigenvalue weighted by Gasteiger charge is 2.22. The zero-order valence-corrected chi connectivity index (χ0v) is 18.9. The van der Waals surface area contributed by atoms with E-state index in [2.05, 4.69) is 4.90 Å². The normalized spacial score (nSPS) is 15.3. The van der Waals surface area contributed by atoms with Crippen molar-refractivity contribution >= 4 is 40.1 Å². The van der Waals surface area contributed by atoms with Crippen molar-refractivity contribution in [2.75, 3.05) is 26.2 Å². The fourth-order valence-electron chi connectivity index (χ4n) is 4.07. The van der Waals surface area contributed by atoms with Crippen LogP contribution in [0.1, 0.15) is 34.8 Å². The Hall–Kier alpha value is -2.34. The zero-order valence-electron chi connectivity index (χ0n) is 17.4. The van der Waals surface area contributed by atoms with Crippen LogP contribution in [0.25, 0.3) is 11.0 Å². The van der Waals surface area contributed by atoms with Crippen LogP contribution >= 0.6 is 23.2 Å². The Morgan fingerprint density at radius 3 is 2.58 bits per heavy atom. The van der Waals surface area contributed by atoms with Crippen LogP contribution in [0.2, 0.25) is 10.0 Å². The highest BCUT2D eigenvalue weighted by Crippen LogP contribution is 2.27. The average molecular weight is 459 g/mol. The Balaban J connectivity index is 1.53. The lowest BCUT2D eigenvalue weighted by molar-refractivity contribution is 0.0761. The number of fused-ring (bicyclic) bond motifs is 1. The third-order valence-corrected chi connectivity index (χ3v) is 6.43. The Morgan fingerprint density at radius 1 is 1.00 bits per heavy atom. The lowest BCUT2D eigenvalue weighted by atomic mass is 10.1. The van der Waals surface area contributed by atoms with E-state index >= 15 is 0 Å². The SMILES string of the molecule is CCc1cc2oc(=O)cc(CN3CCCN(C(=O)c4ccccc4Cl)CC3)c2cc1Cl. The summed E-state index contributed by atoms with van der Waals surface area (Å²) in [5.74, 6) is -0.0443. The first kappa shape index (κ1) is 21.9. The number of hydrogen-bond acceptors (Lipinski definition) is 4. The third kappa shape index (κ3) is 4.79. The second-order valence-corrected chi connectivity index (χ2v) is 8.60. The molecule has 7 heteroatoms. The van der Waals surface area contributed by atoms with E-state index in [0.29, 0.717) is 47.4 Å². The number of halogens is 2. The summed E-state index contributed by atoms with van der Waals surface area (Å²) in [7, 11) is 0. The van der Waals surface area contributed by atoms with E-state index in [1.54, 1.807) is 18.2 Å². The maximum absolute atomic E-state index is 12.9. The molecule has 0 unspecified atom stereocenters. The smallest absolute Gasteiger partial charge is 0.336 e. The van der Waals surface area contributed by atoms with Crippen LogP contribution < -0.4 is 5.63 Å². The molecule has 0 saturated carbocycles. The molecule has 1 saturated heterocycles. The van der Waals surface area contributed by atoms with Gasteiger partial charge in [-0.05, 0) is 48.2 Å². The van der Waals surface area contributed by atoms with Gasteiger partial charge in [0.1, 0.15) is 5.58 Å². The Labute approximate surface area is 191 Å². The number of aryl methyl sites for hydroxylation is 1. The fraction of sp³-hybridized carbons (Fsp3) is 0.333. The summed E-state index contributed by atoms with van der Waals surface area (Å²) < 4.78 is 5.42. The molecule has 0 atom stereocenters. The van der Waals surface area contributed by atoms with Gasteiger partial charge in [-0.15, -0.1) is 0 Å². The van der Waals surface area contributed by atoms with E-state index < -0.39 is 0 Å². The minimum absolute atomic E-state index is 0.0443. The van der Waals surface area contributed by atoms with E-state index in [-0.39, 0.29) is 11.5 Å². The number of carbonyl (C=O) groups is 1. The molecule has 1 aliphatic rings. The van der Waals surface area contributed by atoms with Crippen molar-refractivity contribution in [3.8, 4) is 0 Å². The van der Waals surface area contributed by atoms with Gasteiger partial charge in [0.05, 0.1) is 10.6 Å². The molecular formula is C24H24Cl2N2O3. The molecule has 0 spiro atoms. The Morgan fingerprint density at radius 2 is 1.81 bits per heavy atom. The van der Waals surface area contributed by atoms with Gasteiger partial charge in [-0.2, -0.15) is 0 Å². The quantitative estimate of drug-likeness (QED) is 0.515. The van der Waals surface area contributed by atoms with E-state index in [4.69, 9.17) is 27.6 Å². The summed E-state index contributed by atoms with van der Waals surface area (Å²) in [6, 6.07) is 12.4. The lowest BCUT2D eigenvalue weighted by Crippen LogP contribution is -2.35. The van der Waals surface area contributed by atoms with Crippen molar-refractivity contribution in [3.05, 3.63) is 79.6 Å².